The number of benzene rings is 3. The number of rotatable bonds is 18. The maximum Gasteiger partial charge on any atom is 0.374 e. The Morgan fingerprint density at radius 3 is 1.09 bits per heavy atom. The van der Waals surface area contributed by atoms with E-state index in [9.17, 15) is 83.1 Å². The second-order valence-corrected chi connectivity index (χ2v) is 29.7. The van der Waals surface area contributed by atoms with Crippen LogP contribution in [0.1, 0.15) is 81.8 Å². The molecule has 15 rings (SSSR count). The number of aromatic nitrogens is 12. The van der Waals surface area contributed by atoms with Gasteiger partial charge in [0.05, 0.1) is 110 Å². The van der Waals surface area contributed by atoms with E-state index in [1.165, 1.54) is 81.6 Å². The molecule has 0 radical (unpaired) electrons. The van der Waals surface area contributed by atoms with Gasteiger partial charge < -0.3 is 69.8 Å². The van der Waals surface area contributed by atoms with Gasteiger partial charge in [0.15, 0.2) is 0 Å². The van der Waals surface area contributed by atoms with Crippen molar-refractivity contribution >= 4 is 108 Å². The molecule has 6 amide bonds. The molecule has 0 spiro atoms. The summed E-state index contributed by atoms with van der Waals surface area (Å²) in [6.45, 7) is 1.86. The van der Waals surface area contributed by atoms with Crippen LogP contribution in [0.5, 0.6) is 17.6 Å². The number of methoxy groups -OCH3 is 3. The fourth-order valence-corrected chi connectivity index (χ4v) is 13.8. The minimum absolute atomic E-state index is 0.0234. The van der Waals surface area contributed by atoms with Crippen molar-refractivity contribution in [3.05, 3.63) is 234 Å². The molecule has 0 bridgehead atoms. The molecular weight excluding hydrogens is 1750 g/mol. The van der Waals surface area contributed by atoms with E-state index in [-0.39, 0.29) is 65.4 Å². The lowest BCUT2D eigenvalue weighted by Crippen LogP contribution is -2.46. The standard InChI is InChI=1S/2C26H24F2N6O4.C13H15F2N3O3.C13H10IN3O.C3H4F2O2.CH5N/c2*1-26(27,28)25(37)31-19-12-23(36)33(24(19)15-8-9-29-21(11-15)38-3)17-4-6-20-16(10-17)13-30-34(20)18-5-7-22(35)32(2)14-18;1-13(14,15)12(20)17-8-6-9(19)18-11(8)7-3-4-16-10(5-7)21-2;1-16-8-11(3-5-13(16)18)17-12-4-2-10(14)6-9(12)7-15-17;1-3(4,5)2(6)7;1-2/h2*4-11,13-14,19,24H,12H2,1-3H3,(H,31,37);3-5,8,11H,6H2,1-2H3,(H,17,20)(H,18,19);2-8H,1H3;1H3,(H,6,7);2H2,1H3/t2*19-,24+;8-,11?;;;/m100.../s1. The normalized spacial score (nSPS) is 16.8. The molecule has 3 aromatic carbocycles. The summed E-state index contributed by atoms with van der Waals surface area (Å²) in [5.74, 6) is -20.8. The summed E-state index contributed by atoms with van der Waals surface area (Å²) in [6, 6.07) is 31.2. The van der Waals surface area contributed by atoms with Crippen molar-refractivity contribution in [2.24, 2.45) is 26.9 Å². The van der Waals surface area contributed by atoms with Gasteiger partial charge in [0, 0.05) is 173 Å². The Morgan fingerprint density at radius 1 is 0.444 bits per heavy atom. The molecular formula is C82H82F8IN19O14. The minimum Gasteiger partial charge on any atom is -0.481 e. The third-order valence-electron chi connectivity index (χ3n) is 19.4. The highest BCUT2D eigenvalue weighted by Crippen LogP contribution is 2.42. The fraction of sp³-hybridized carbons (Fsp3) is 0.293. The van der Waals surface area contributed by atoms with Crippen LogP contribution in [0, 0.1) is 3.57 Å². The fourth-order valence-electron chi connectivity index (χ4n) is 13.3. The van der Waals surface area contributed by atoms with E-state index in [1.54, 1.807) is 163 Å². The number of carbonyl (C=O) groups is 7. The first-order valence-corrected chi connectivity index (χ1v) is 38.4. The lowest BCUT2D eigenvalue weighted by molar-refractivity contribution is -0.162. The number of hydrogen-bond acceptors (Lipinski definition) is 20. The Morgan fingerprint density at radius 2 is 0.758 bits per heavy atom. The van der Waals surface area contributed by atoms with Gasteiger partial charge in [-0.3, -0.25) is 43.2 Å². The number of nitrogens with two attached hydrogens (primary N) is 1. The first kappa shape index (κ1) is 92.5. The summed E-state index contributed by atoms with van der Waals surface area (Å²) in [7, 11) is 10.9. The van der Waals surface area contributed by atoms with Gasteiger partial charge in [-0.2, -0.15) is 50.4 Å². The van der Waals surface area contributed by atoms with Gasteiger partial charge in [-0.25, -0.2) is 33.8 Å². The van der Waals surface area contributed by atoms with Crippen molar-refractivity contribution in [3.8, 4) is 34.7 Å². The van der Waals surface area contributed by atoms with Gasteiger partial charge >= 0.3 is 29.7 Å². The Bertz CT molecular complexity index is 5940. The SMILES string of the molecule is CC(F)(F)C(=O)O.CN.COc1cc(C2NC(=O)C[C@@H]2NC(=O)C(C)(F)F)ccn1.COc1cc([C@@H]2[C@@H](NC(=O)C(C)(F)F)CC(=O)N2c2ccc3c(cnn3-c3ccc(=O)n(C)c3)c2)ccn1.COc1cc([C@H]2[C@H](NC(=O)C(C)(F)F)CC(=O)N2c2ccc3c(cnn3-c3ccc(=O)n(C)c3)c2)ccn1.Cn1cc(-n2ncc3cc(I)ccc32)ccc1=O. The van der Waals surface area contributed by atoms with E-state index in [0.717, 1.165) is 27.6 Å². The van der Waals surface area contributed by atoms with Crippen LogP contribution in [0.3, 0.4) is 0 Å². The molecule has 0 saturated carbocycles. The average molecular weight is 1840 g/mol. The summed E-state index contributed by atoms with van der Waals surface area (Å²) < 4.78 is 130. The van der Waals surface area contributed by atoms with Crippen molar-refractivity contribution in [1.82, 2.24) is 79.3 Å². The largest absolute Gasteiger partial charge is 0.481 e. The number of anilines is 2. The Hall–Kier alpha value is -13.8. The molecule has 3 saturated heterocycles. The third-order valence-corrected chi connectivity index (χ3v) is 20.0. The predicted molar refractivity (Wildman–Crippen MR) is 445 cm³/mol. The van der Waals surface area contributed by atoms with Gasteiger partial charge in [-0.05, 0) is 137 Å². The number of fused-ring (bicyclic) bond motifs is 3. The Balaban J connectivity index is 0.000000174. The monoisotopic (exact) mass is 1840 g/mol. The topological polar surface area (TPSA) is 406 Å². The Kier molecular flexibility index (Phi) is 28.7. The highest BCUT2D eigenvalue weighted by atomic mass is 127. The molecule has 652 valence electrons. The summed E-state index contributed by atoms with van der Waals surface area (Å²) in [5, 5.41) is 32.8. The van der Waals surface area contributed by atoms with Crippen LogP contribution in [-0.2, 0) is 54.7 Å². The van der Waals surface area contributed by atoms with Crippen LogP contribution in [-0.4, -0.2) is 175 Å². The molecule has 3 aliphatic rings. The zero-order valence-electron chi connectivity index (χ0n) is 67.9. The number of carboxylic acid groups (broad SMARTS) is 1. The average Bonchev–Trinajstić information content (AvgIpc) is 1.60. The molecule has 1 unspecified atom stereocenters. The van der Waals surface area contributed by atoms with E-state index in [4.69, 9.17) is 19.3 Å². The molecule has 7 N–H and O–H groups in total. The van der Waals surface area contributed by atoms with Gasteiger partial charge in [-0.1, -0.05) is 0 Å². The summed E-state index contributed by atoms with van der Waals surface area (Å²) in [5.41, 5.74) is 11.7. The molecule has 3 fully saturated rings. The quantitative estimate of drug-likeness (QED) is 0.0345. The van der Waals surface area contributed by atoms with E-state index in [1.807, 2.05) is 23.0 Å². The molecule has 42 heteroatoms. The van der Waals surface area contributed by atoms with E-state index in [0.29, 0.717) is 83.8 Å². The number of carboxylic acids is 1. The van der Waals surface area contributed by atoms with Crippen molar-refractivity contribution in [2.45, 2.75) is 107 Å². The smallest absolute Gasteiger partial charge is 0.374 e. The first-order chi connectivity index (χ1) is 58.5. The van der Waals surface area contributed by atoms with Crippen LogP contribution in [0.15, 0.2) is 198 Å². The molecule has 12 aromatic rings. The number of nitrogens with one attached hydrogen (secondary N) is 4. The number of ether oxygens (including phenoxy) is 3. The number of aryl methyl sites for hydroxylation is 3. The molecule has 6 atom stereocenters. The second-order valence-electron chi connectivity index (χ2n) is 28.4. The lowest BCUT2D eigenvalue weighted by atomic mass is 10.00. The molecule has 12 heterocycles. The summed E-state index contributed by atoms with van der Waals surface area (Å²) >= 11 is 2.28. The zero-order valence-corrected chi connectivity index (χ0v) is 70.1. The molecule has 33 nitrogen and oxygen atoms in total. The number of alkyl halides is 8. The van der Waals surface area contributed by atoms with E-state index in [2.05, 4.69) is 85.9 Å². The highest BCUT2D eigenvalue weighted by Gasteiger charge is 2.48. The van der Waals surface area contributed by atoms with Crippen LogP contribution in [0.25, 0.3) is 49.8 Å². The minimum atomic E-state index is -3.61. The second kappa shape index (κ2) is 38.5. The van der Waals surface area contributed by atoms with Crippen LogP contribution >= 0.6 is 22.6 Å². The number of carbonyl (C=O) groups excluding carboxylic acids is 6. The summed E-state index contributed by atoms with van der Waals surface area (Å²) in [6.07, 6.45) is 14.3. The van der Waals surface area contributed by atoms with Crippen LogP contribution < -0.4 is 67.7 Å². The Labute approximate surface area is 712 Å². The van der Waals surface area contributed by atoms with Crippen molar-refractivity contribution in [2.75, 3.05) is 38.2 Å². The van der Waals surface area contributed by atoms with Gasteiger partial charge in [-0.15, -0.1) is 0 Å². The number of pyridine rings is 6. The highest BCUT2D eigenvalue weighted by molar-refractivity contribution is 14.1. The lowest BCUT2D eigenvalue weighted by Gasteiger charge is -2.29. The molecule has 3 aliphatic heterocycles. The van der Waals surface area contributed by atoms with E-state index >= 15 is 0 Å². The summed E-state index contributed by atoms with van der Waals surface area (Å²) in [4.78, 5) is 133. The van der Waals surface area contributed by atoms with Gasteiger partial charge in [0.1, 0.15) is 0 Å². The van der Waals surface area contributed by atoms with Gasteiger partial charge in [0.2, 0.25) is 52.0 Å². The molecule has 124 heavy (non-hydrogen) atoms. The van der Waals surface area contributed by atoms with E-state index < -0.39 is 83.6 Å². The first-order valence-electron chi connectivity index (χ1n) is 37.3. The van der Waals surface area contributed by atoms with Crippen LogP contribution in [0.2, 0.25) is 0 Å². The van der Waals surface area contributed by atoms with Crippen molar-refractivity contribution in [3.63, 3.8) is 0 Å². The maximum absolute atomic E-state index is 13.7. The van der Waals surface area contributed by atoms with Crippen molar-refractivity contribution < 1.29 is 88.0 Å². The van der Waals surface area contributed by atoms with Crippen LogP contribution in [0.4, 0.5) is 46.5 Å². The number of nitrogens with zero attached hydrogens (tertiary/aromatic N) is 14. The van der Waals surface area contributed by atoms with Gasteiger partial charge in [0.25, 0.3) is 17.7 Å². The molecule has 9 aromatic heterocycles. The predicted octanol–water partition coefficient (Wildman–Crippen LogP) is 8.91. The van der Waals surface area contributed by atoms with Crippen molar-refractivity contribution in [1.29, 1.82) is 0 Å². The zero-order chi connectivity index (χ0) is 90.8. The molecule has 0 aliphatic carbocycles. The number of halogens is 9. The maximum atomic E-state index is 13.7. The number of amides is 6. The number of aliphatic carboxylic acids is 1. The third kappa shape index (κ3) is 21.7. The number of hydrogen-bond donors (Lipinski definition) is 6.